The van der Waals surface area contributed by atoms with Gasteiger partial charge in [-0.15, -0.1) is 0 Å². The zero-order valence-corrected chi connectivity index (χ0v) is 13.3. The van der Waals surface area contributed by atoms with Crippen LogP contribution in [-0.2, 0) is 0 Å². The molecular formula is C18H24N2O2. The molecule has 0 aliphatic carbocycles. The lowest BCUT2D eigenvalue weighted by Gasteiger charge is -2.12. The van der Waals surface area contributed by atoms with Crippen LogP contribution in [0.3, 0.4) is 0 Å². The van der Waals surface area contributed by atoms with Crippen molar-refractivity contribution in [2.45, 2.75) is 13.3 Å². The topological polar surface area (TPSA) is 42.5 Å². The molecule has 0 saturated carbocycles. The Labute approximate surface area is 132 Å². The lowest BCUT2D eigenvalue weighted by atomic mass is 10.3. The molecule has 0 fully saturated rings. The van der Waals surface area contributed by atoms with Gasteiger partial charge in [0, 0.05) is 18.8 Å². The number of hydrogen-bond acceptors (Lipinski definition) is 4. The molecule has 22 heavy (non-hydrogen) atoms. The first-order valence-electron chi connectivity index (χ1n) is 7.67. The molecule has 0 aliphatic heterocycles. The summed E-state index contributed by atoms with van der Waals surface area (Å²) in [4.78, 5) is 0. The van der Waals surface area contributed by atoms with Crippen LogP contribution in [0.2, 0.25) is 0 Å². The van der Waals surface area contributed by atoms with Gasteiger partial charge >= 0.3 is 0 Å². The summed E-state index contributed by atoms with van der Waals surface area (Å²) in [7, 11) is 1.68. The summed E-state index contributed by atoms with van der Waals surface area (Å²) in [6.45, 7) is 4.50. The molecule has 0 saturated heterocycles. The van der Waals surface area contributed by atoms with E-state index in [2.05, 4.69) is 17.6 Å². The van der Waals surface area contributed by atoms with E-state index in [0.29, 0.717) is 0 Å². The molecule has 0 radical (unpaired) electrons. The van der Waals surface area contributed by atoms with Gasteiger partial charge in [0.15, 0.2) is 0 Å². The molecule has 4 nitrogen and oxygen atoms in total. The summed E-state index contributed by atoms with van der Waals surface area (Å²) in [6.07, 6.45) is 1.02. The smallest absolute Gasteiger partial charge is 0.141 e. The van der Waals surface area contributed by atoms with Gasteiger partial charge < -0.3 is 20.1 Å². The first kappa shape index (κ1) is 16.0. The Hall–Kier alpha value is -2.36. The summed E-state index contributed by atoms with van der Waals surface area (Å²) in [5.41, 5.74) is 2.10. The van der Waals surface area contributed by atoms with Gasteiger partial charge in [0.25, 0.3) is 0 Å². The molecular weight excluding hydrogens is 276 g/mol. The van der Waals surface area contributed by atoms with Gasteiger partial charge in [0.1, 0.15) is 11.5 Å². The van der Waals surface area contributed by atoms with Gasteiger partial charge in [-0.3, -0.25) is 0 Å². The Morgan fingerprint density at radius 1 is 0.909 bits per heavy atom. The molecule has 118 valence electrons. The van der Waals surface area contributed by atoms with Crippen LogP contribution >= 0.6 is 0 Å². The van der Waals surface area contributed by atoms with E-state index < -0.39 is 0 Å². The van der Waals surface area contributed by atoms with Crippen LogP contribution in [0, 0.1) is 0 Å². The molecule has 2 aromatic carbocycles. The SMILES string of the molecule is CCCOc1ccc(NCCNc2ccccc2OC)cc1. The van der Waals surface area contributed by atoms with Gasteiger partial charge in [-0.1, -0.05) is 19.1 Å². The Morgan fingerprint density at radius 2 is 1.64 bits per heavy atom. The predicted molar refractivity (Wildman–Crippen MR) is 92.2 cm³/mol. The van der Waals surface area contributed by atoms with Gasteiger partial charge in [-0.25, -0.2) is 0 Å². The predicted octanol–water partition coefficient (Wildman–Crippen LogP) is 4.01. The summed E-state index contributed by atoms with van der Waals surface area (Å²) >= 11 is 0. The Balaban J connectivity index is 1.74. The van der Waals surface area contributed by atoms with Crippen molar-refractivity contribution in [1.29, 1.82) is 0 Å². The summed E-state index contributed by atoms with van der Waals surface area (Å²) in [5.74, 6) is 1.78. The van der Waals surface area contributed by atoms with Crippen molar-refractivity contribution in [3.8, 4) is 11.5 Å². The third-order valence-corrected chi connectivity index (χ3v) is 3.20. The highest BCUT2D eigenvalue weighted by Gasteiger charge is 2.00. The molecule has 0 aliphatic rings. The van der Waals surface area contributed by atoms with E-state index in [1.807, 2.05) is 48.5 Å². The zero-order valence-electron chi connectivity index (χ0n) is 13.3. The molecule has 2 aromatic rings. The first-order chi connectivity index (χ1) is 10.8. The van der Waals surface area contributed by atoms with Crippen LogP contribution in [0.5, 0.6) is 11.5 Å². The van der Waals surface area contributed by atoms with Crippen molar-refractivity contribution in [3.05, 3.63) is 48.5 Å². The number of anilines is 2. The molecule has 2 N–H and O–H groups in total. The highest BCUT2D eigenvalue weighted by atomic mass is 16.5. The third-order valence-electron chi connectivity index (χ3n) is 3.20. The minimum absolute atomic E-state index is 0.760. The number of benzene rings is 2. The van der Waals surface area contributed by atoms with E-state index in [9.17, 15) is 0 Å². The van der Waals surface area contributed by atoms with Crippen LogP contribution < -0.4 is 20.1 Å². The molecule has 4 heteroatoms. The molecule has 0 bridgehead atoms. The highest BCUT2D eigenvalue weighted by Crippen LogP contribution is 2.22. The molecule has 0 spiro atoms. The normalized spacial score (nSPS) is 10.1. The van der Waals surface area contributed by atoms with E-state index in [1.54, 1.807) is 7.11 Å². The first-order valence-corrected chi connectivity index (χ1v) is 7.67. The van der Waals surface area contributed by atoms with Crippen LogP contribution in [0.15, 0.2) is 48.5 Å². The molecule has 2 rings (SSSR count). The summed E-state index contributed by atoms with van der Waals surface area (Å²) in [5, 5.41) is 6.74. The Bertz CT molecular complexity index is 555. The second-order valence-electron chi connectivity index (χ2n) is 4.93. The van der Waals surface area contributed by atoms with Crippen LogP contribution in [0.1, 0.15) is 13.3 Å². The average Bonchev–Trinajstić information content (AvgIpc) is 2.58. The van der Waals surface area contributed by atoms with Crippen LogP contribution in [0.4, 0.5) is 11.4 Å². The highest BCUT2D eigenvalue weighted by molar-refractivity contribution is 5.56. The van der Waals surface area contributed by atoms with Crippen molar-refractivity contribution < 1.29 is 9.47 Å². The van der Waals surface area contributed by atoms with Crippen molar-refractivity contribution in [2.75, 3.05) is 37.4 Å². The van der Waals surface area contributed by atoms with E-state index in [0.717, 1.165) is 49.0 Å². The minimum atomic E-state index is 0.760. The maximum Gasteiger partial charge on any atom is 0.141 e. The standard InChI is InChI=1S/C18H24N2O2/c1-3-14-22-16-10-8-15(9-11-16)19-12-13-20-17-6-4-5-7-18(17)21-2/h4-11,19-20H,3,12-14H2,1-2H3. The fourth-order valence-corrected chi connectivity index (χ4v) is 2.08. The Morgan fingerprint density at radius 3 is 2.36 bits per heavy atom. The van der Waals surface area contributed by atoms with Crippen LogP contribution in [0.25, 0.3) is 0 Å². The second kappa shape index (κ2) is 8.82. The van der Waals surface area contributed by atoms with Crippen LogP contribution in [-0.4, -0.2) is 26.8 Å². The third kappa shape index (κ3) is 4.88. The lowest BCUT2D eigenvalue weighted by Crippen LogP contribution is -2.14. The van der Waals surface area contributed by atoms with E-state index in [1.165, 1.54) is 0 Å². The van der Waals surface area contributed by atoms with Gasteiger partial charge in [-0.2, -0.15) is 0 Å². The molecule has 0 aromatic heterocycles. The number of nitrogens with one attached hydrogen (secondary N) is 2. The van der Waals surface area contributed by atoms with Gasteiger partial charge in [0.05, 0.1) is 19.4 Å². The number of methoxy groups -OCH3 is 1. The fourth-order valence-electron chi connectivity index (χ4n) is 2.08. The van der Waals surface area contributed by atoms with Crippen molar-refractivity contribution in [3.63, 3.8) is 0 Å². The molecule has 0 atom stereocenters. The van der Waals surface area contributed by atoms with Crippen molar-refractivity contribution >= 4 is 11.4 Å². The van der Waals surface area contributed by atoms with Gasteiger partial charge in [-0.05, 0) is 42.8 Å². The number of ether oxygens (including phenoxy) is 2. The van der Waals surface area contributed by atoms with E-state index in [-0.39, 0.29) is 0 Å². The fraction of sp³-hybridized carbons (Fsp3) is 0.333. The zero-order chi connectivity index (χ0) is 15.6. The van der Waals surface area contributed by atoms with Crippen molar-refractivity contribution in [1.82, 2.24) is 0 Å². The average molecular weight is 300 g/mol. The number of hydrogen-bond donors (Lipinski definition) is 2. The molecule has 0 amide bonds. The second-order valence-corrected chi connectivity index (χ2v) is 4.93. The largest absolute Gasteiger partial charge is 0.495 e. The van der Waals surface area contributed by atoms with Crippen molar-refractivity contribution in [2.24, 2.45) is 0 Å². The summed E-state index contributed by atoms with van der Waals surface area (Å²) in [6, 6.07) is 16.0. The monoisotopic (exact) mass is 300 g/mol. The van der Waals surface area contributed by atoms with Gasteiger partial charge in [0.2, 0.25) is 0 Å². The quantitative estimate of drug-likeness (QED) is 0.687. The molecule has 0 heterocycles. The number of para-hydroxylation sites is 2. The lowest BCUT2D eigenvalue weighted by molar-refractivity contribution is 0.317. The maximum atomic E-state index is 5.57. The minimum Gasteiger partial charge on any atom is -0.495 e. The molecule has 0 unspecified atom stereocenters. The maximum absolute atomic E-state index is 5.57. The summed E-state index contributed by atoms with van der Waals surface area (Å²) < 4.78 is 10.9. The van der Waals surface area contributed by atoms with E-state index >= 15 is 0 Å². The Kier molecular flexibility index (Phi) is 6.42. The van der Waals surface area contributed by atoms with E-state index in [4.69, 9.17) is 9.47 Å². The number of rotatable bonds is 9.